The number of amidine groups is 1. The maximum absolute atomic E-state index is 6.72. The minimum absolute atomic E-state index is 0.121. The predicted molar refractivity (Wildman–Crippen MR) is 180 cm³/mol. The molecule has 1 aromatic heterocycles. The van der Waals surface area contributed by atoms with Gasteiger partial charge in [-0.05, 0) is 47.5 Å². The van der Waals surface area contributed by atoms with Crippen LogP contribution < -0.4 is 15.5 Å². The highest BCUT2D eigenvalue weighted by Gasteiger charge is 2.27. The molecule has 1 aliphatic heterocycles. The van der Waals surface area contributed by atoms with Crippen LogP contribution in [0.1, 0.15) is 29.0 Å². The molecule has 0 radical (unpaired) electrons. The predicted octanol–water partition coefficient (Wildman–Crippen LogP) is 9.39. The lowest BCUT2D eigenvalue weighted by Crippen LogP contribution is -2.45. The number of hydrogen-bond acceptors (Lipinski definition) is 5. The molecule has 0 spiro atoms. The molecule has 212 valence electrons. The lowest BCUT2D eigenvalue weighted by atomic mass is 10.0. The van der Waals surface area contributed by atoms with Gasteiger partial charge < -0.3 is 14.6 Å². The molecule has 0 aliphatic carbocycles. The van der Waals surface area contributed by atoms with Crippen molar-refractivity contribution in [1.29, 1.82) is 0 Å². The second-order valence-corrected chi connectivity index (χ2v) is 10.9. The van der Waals surface area contributed by atoms with E-state index in [0.29, 0.717) is 0 Å². The lowest BCUT2D eigenvalue weighted by molar-refractivity contribution is 0.409. The first-order valence-electron chi connectivity index (χ1n) is 14.9. The average Bonchev–Trinajstić information content (AvgIpc) is 3.50. The van der Waals surface area contributed by atoms with Crippen LogP contribution in [0.15, 0.2) is 167 Å². The number of nitrogens with one attached hydrogen (secondary N) is 2. The van der Waals surface area contributed by atoms with Crippen LogP contribution >= 0.6 is 0 Å². The topological polar surface area (TPSA) is 52.8 Å². The Morgan fingerprint density at radius 2 is 1.16 bits per heavy atom. The maximum atomic E-state index is 6.72. The number of rotatable bonds is 6. The van der Waals surface area contributed by atoms with E-state index < -0.39 is 0 Å². The maximum Gasteiger partial charge on any atom is 0.159 e. The summed E-state index contributed by atoms with van der Waals surface area (Å²) in [4.78, 5) is 7.48. The van der Waals surface area contributed by atoms with Crippen molar-refractivity contribution in [3.05, 3.63) is 174 Å². The Balaban J connectivity index is 1.31. The lowest BCUT2D eigenvalue weighted by Gasteiger charge is -2.32. The molecule has 0 saturated carbocycles. The van der Waals surface area contributed by atoms with Gasteiger partial charge in [0.15, 0.2) is 5.58 Å². The fourth-order valence-electron chi connectivity index (χ4n) is 6.11. The molecular formula is C39H30N4O. The standard InChI is InChI=1S/C39H30N4O/c1-5-15-27(16-6-1)37-40-38(28-17-7-2-8-18-28)42-39(41-37)32-24-14-26-34-35(32)31-23-13-25-33(36(31)44-34)43(29-19-9-3-10-20-29)30-21-11-4-12-22-30/h1-26,37-38,40H,(H,41,42). The van der Waals surface area contributed by atoms with E-state index >= 15 is 0 Å². The van der Waals surface area contributed by atoms with Gasteiger partial charge in [0.05, 0.1) is 5.69 Å². The van der Waals surface area contributed by atoms with E-state index in [2.05, 4.69) is 137 Å². The van der Waals surface area contributed by atoms with Crippen molar-refractivity contribution in [2.24, 2.45) is 4.99 Å². The average molecular weight is 571 g/mol. The molecule has 8 rings (SSSR count). The Kier molecular flexibility index (Phi) is 6.63. The highest BCUT2D eigenvalue weighted by molar-refractivity contribution is 6.20. The summed E-state index contributed by atoms with van der Waals surface area (Å²) in [6.45, 7) is 0. The van der Waals surface area contributed by atoms with Crippen LogP contribution in [0.4, 0.5) is 17.1 Å². The smallest absolute Gasteiger partial charge is 0.159 e. The molecule has 7 aromatic rings. The molecule has 2 atom stereocenters. The van der Waals surface area contributed by atoms with Crippen LogP contribution in [0.5, 0.6) is 0 Å². The van der Waals surface area contributed by atoms with Gasteiger partial charge in [0, 0.05) is 27.7 Å². The Labute approximate surface area is 256 Å². The second kappa shape index (κ2) is 11.2. The summed E-state index contributed by atoms with van der Waals surface area (Å²) in [5.74, 6) is 0.827. The van der Waals surface area contributed by atoms with Crippen LogP contribution in [-0.2, 0) is 0 Å². The summed E-state index contributed by atoms with van der Waals surface area (Å²) in [5, 5.41) is 9.49. The zero-order valence-corrected chi connectivity index (χ0v) is 24.0. The first kappa shape index (κ1) is 26.0. The van der Waals surface area contributed by atoms with Crippen molar-refractivity contribution in [2.45, 2.75) is 12.3 Å². The Hall–Kier alpha value is -5.65. The molecule has 0 saturated heterocycles. The number of furan rings is 1. The summed E-state index contributed by atoms with van der Waals surface area (Å²) in [7, 11) is 0. The third-order valence-electron chi connectivity index (χ3n) is 8.14. The normalized spacial score (nSPS) is 16.4. The Morgan fingerprint density at radius 1 is 0.568 bits per heavy atom. The van der Waals surface area contributed by atoms with Crippen LogP contribution in [0, 0.1) is 0 Å². The van der Waals surface area contributed by atoms with Crippen LogP contribution in [-0.4, -0.2) is 5.84 Å². The van der Waals surface area contributed by atoms with E-state index in [1.54, 1.807) is 0 Å². The van der Waals surface area contributed by atoms with E-state index in [1.807, 2.05) is 36.4 Å². The summed E-state index contributed by atoms with van der Waals surface area (Å²) >= 11 is 0. The van der Waals surface area contributed by atoms with Gasteiger partial charge in [-0.3, -0.25) is 5.32 Å². The third kappa shape index (κ3) is 4.70. The molecular weight excluding hydrogens is 540 g/mol. The van der Waals surface area contributed by atoms with E-state index in [0.717, 1.165) is 61.5 Å². The summed E-state index contributed by atoms with van der Waals surface area (Å²) in [6, 6.07) is 54.3. The van der Waals surface area contributed by atoms with Crippen molar-refractivity contribution >= 4 is 44.8 Å². The number of anilines is 3. The van der Waals surface area contributed by atoms with Gasteiger partial charge in [0.1, 0.15) is 23.8 Å². The monoisotopic (exact) mass is 570 g/mol. The fourth-order valence-corrected chi connectivity index (χ4v) is 6.11. The van der Waals surface area contributed by atoms with Crippen molar-refractivity contribution in [3.63, 3.8) is 0 Å². The van der Waals surface area contributed by atoms with Gasteiger partial charge >= 0.3 is 0 Å². The fraction of sp³-hybridized carbons (Fsp3) is 0.0513. The molecule has 6 aromatic carbocycles. The minimum Gasteiger partial charge on any atom is -0.454 e. The number of nitrogens with zero attached hydrogens (tertiary/aromatic N) is 2. The van der Waals surface area contributed by atoms with Gasteiger partial charge in [0.2, 0.25) is 0 Å². The van der Waals surface area contributed by atoms with Crippen molar-refractivity contribution in [1.82, 2.24) is 10.6 Å². The van der Waals surface area contributed by atoms with Gasteiger partial charge in [-0.25, -0.2) is 4.99 Å². The van der Waals surface area contributed by atoms with Gasteiger partial charge in [-0.2, -0.15) is 0 Å². The number of benzene rings is 6. The van der Waals surface area contributed by atoms with Gasteiger partial charge in [-0.15, -0.1) is 0 Å². The zero-order valence-electron chi connectivity index (χ0n) is 24.0. The Bertz CT molecular complexity index is 2030. The molecule has 0 amide bonds. The summed E-state index contributed by atoms with van der Waals surface area (Å²) < 4.78 is 6.72. The largest absolute Gasteiger partial charge is 0.454 e. The Morgan fingerprint density at radius 3 is 1.82 bits per heavy atom. The number of fused-ring (bicyclic) bond motifs is 3. The van der Waals surface area contributed by atoms with Crippen LogP contribution in [0.2, 0.25) is 0 Å². The van der Waals surface area contributed by atoms with Crippen molar-refractivity contribution < 1.29 is 4.42 Å². The second-order valence-electron chi connectivity index (χ2n) is 10.9. The molecule has 2 N–H and O–H groups in total. The molecule has 5 nitrogen and oxygen atoms in total. The van der Waals surface area contributed by atoms with Crippen molar-refractivity contribution in [3.8, 4) is 0 Å². The van der Waals surface area contributed by atoms with Gasteiger partial charge in [-0.1, -0.05) is 121 Å². The summed E-state index contributed by atoms with van der Waals surface area (Å²) in [6.07, 6.45) is -0.335. The zero-order chi connectivity index (χ0) is 29.3. The van der Waals surface area contributed by atoms with Gasteiger partial charge in [0.25, 0.3) is 0 Å². The summed E-state index contributed by atoms with van der Waals surface area (Å²) in [5.41, 5.74) is 8.02. The molecule has 5 heteroatoms. The molecule has 44 heavy (non-hydrogen) atoms. The number of para-hydroxylation sites is 3. The molecule has 2 heterocycles. The highest BCUT2D eigenvalue weighted by Crippen LogP contribution is 2.43. The molecule has 1 aliphatic rings. The molecule has 0 bridgehead atoms. The van der Waals surface area contributed by atoms with Crippen LogP contribution in [0.3, 0.4) is 0 Å². The minimum atomic E-state index is -0.215. The molecule has 2 unspecified atom stereocenters. The van der Waals surface area contributed by atoms with Crippen LogP contribution in [0.25, 0.3) is 21.9 Å². The number of hydrogen-bond donors (Lipinski definition) is 2. The van der Waals surface area contributed by atoms with E-state index in [1.165, 1.54) is 0 Å². The third-order valence-corrected chi connectivity index (χ3v) is 8.14. The first-order chi connectivity index (χ1) is 21.8. The van der Waals surface area contributed by atoms with E-state index in [-0.39, 0.29) is 12.3 Å². The molecule has 0 fully saturated rings. The van der Waals surface area contributed by atoms with E-state index in [4.69, 9.17) is 9.41 Å². The van der Waals surface area contributed by atoms with Crippen molar-refractivity contribution in [2.75, 3.05) is 4.90 Å². The first-order valence-corrected chi connectivity index (χ1v) is 14.9. The number of aliphatic imine (C=N–C) groups is 1. The SMILES string of the molecule is c1ccc(C2N=C(c3cccc4oc5c(N(c6ccccc6)c6ccccc6)cccc5c34)NC(c3ccccc3)N2)cc1. The highest BCUT2D eigenvalue weighted by atomic mass is 16.3. The van der Waals surface area contributed by atoms with E-state index in [9.17, 15) is 0 Å². The quantitative estimate of drug-likeness (QED) is 0.209.